The number of nitrogens with two attached hydrogens (primary N) is 1. The van der Waals surface area contributed by atoms with Crippen LogP contribution in [0, 0.1) is 31.5 Å². The van der Waals surface area contributed by atoms with E-state index in [9.17, 15) is 17.6 Å². The molecule has 1 heterocycles. The van der Waals surface area contributed by atoms with E-state index < -0.39 is 21.8 Å². The highest BCUT2D eigenvalue weighted by Gasteiger charge is 2.30. The summed E-state index contributed by atoms with van der Waals surface area (Å²) in [5, 5.41) is 8.18. The van der Waals surface area contributed by atoms with E-state index in [1.54, 1.807) is 25.1 Å². The summed E-state index contributed by atoms with van der Waals surface area (Å²) in [5.41, 5.74) is 6.86. The maximum Gasteiger partial charge on any atom is 0.306 e. The minimum absolute atomic E-state index is 0.0432. The molecule has 0 spiro atoms. The first-order valence-electron chi connectivity index (χ1n) is 9.45. The summed E-state index contributed by atoms with van der Waals surface area (Å²) in [7, 11) is -3.80. The number of aryl methyl sites for hydroxylation is 1. The molecule has 0 aromatic heterocycles. The van der Waals surface area contributed by atoms with Crippen LogP contribution >= 0.6 is 0 Å². The Morgan fingerprint density at radius 1 is 1.29 bits per heavy atom. The van der Waals surface area contributed by atoms with Gasteiger partial charge in [0.2, 0.25) is 0 Å². The molecule has 2 aromatic rings. The number of fused-ring (bicyclic) bond motifs is 1. The number of ether oxygens (including phenoxy) is 1. The number of halogens is 1. The fourth-order valence-corrected chi connectivity index (χ4v) is 4.08. The van der Waals surface area contributed by atoms with Gasteiger partial charge in [0.15, 0.2) is 0 Å². The number of aliphatic carboxylic acids is 1. The number of hydrogen-bond acceptors (Lipinski definition) is 5. The Morgan fingerprint density at radius 2 is 1.94 bits per heavy atom. The summed E-state index contributed by atoms with van der Waals surface area (Å²) in [6.07, 6.45) is 8.72. The van der Waals surface area contributed by atoms with Gasteiger partial charge in [0.05, 0.1) is 23.0 Å². The topological polar surface area (TPSA) is 110 Å². The molecule has 1 atom stereocenters. The summed E-state index contributed by atoms with van der Waals surface area (Å²) in [6, 6.07) is 8.59. The lowest BCUT2D eigenvalue weighted by atomic mass is 10.1. The van der Waals surface area contributed by atoms with Crippen molar-refractivity contribution in [2.45, 2.75) is 32.1 Å². The predicted molar refractivity (Wildman–Crippen MR) is 119 cm³/mol. The lowest BCUT2D eigenvalue weighted by Gasteiger charge is -2.30. The molecule has 168 valence electrons. The van der Waals surface area contributed by atoms with Crippen molar-refractivity contribution in [3.8, 4) is 18.6 Å². The van der Waals surface area contributed by atoms with Gasteiger partial charge in [0.25, 0.3) is 10.0 Å². The number of sulfonamides is 1. The Hall–Kier alpha value is -3.25. The van der Waals surface area contributed by atoms with E-state index >= 15 is 0 Å². The first-order valence-corrected chi connectivity index (χ1v) is 10.9. The first-order chi connectivity index (χ1) is 14.6. The van der Waals surface area contributed by atoms with Crippen LogP contribution in [-0.4, -0.2) is 32.6 Å². The molecule has 0 bridgehead atoms. The van der Waals surface area contributed by atoms with Crippen LogP contribution in [-0.2, 0) is 14.8 Å². The Balaban J connectivity index is 0.000000457. The van der Waals surface area contributed by atoms with Crippen molar-refractivity contribution in [3.05, 3.63) is 47.8 Å². The second-order valence-corrected chi connectivity index (χ2v) is 8.57. The van der Waals surface area contributed by atoms with E-state index in [0.29, 0.717) is 17.1 Å². The molecule has 0 aliphatic carbocycles. The van der Waals surface area contributed by atoms with Crippen molar-refractivity contribution in [3.63, 3.8) is 0 Å². The second-order valence-electron chi connectivity index (χ2n) is 6.71. The van der Waals surface area contributed by atoms with Crippen molar-refractivity contribution in [2.24, 2.45) is 5.92 Å². The molecule has 0 radical (unpaired) electrons. The lowest BCUT2D eigenvalue weighted by molar-refractivity contribution is -0.141. The van der Waals surface area contributed by atoms with E-state index in [1.165, 1.54) is 23.4 Å². The minimum atomic E-state index is -3.80. The highest BCUT2D eigenvalue weighted by molar-refractivity contribution is 7.92. The van der Waals surface area contributed by atoms with Gasteiger partial charge in [-0.3, -0.25) is 9.10 Å². The fraction of sp³-hybridized carbons (Fsp3) is 0.318. The van der Waals surface area contributed by atoms with Gasteiger partial charge in [-0.15, -0.1) is 12.8 Å². The molecule has 3 rings (SSSR count). The van der Waals surface area contributed by atoms with Crippen LogP contribution in [0.5, 0.6) is 5.75 Å². The molecule has 0 saturated heterocycles. The minimum Gasteiger partial charge on any atom is -0.489 e. The van der Waals surface area contributed by atoms with Crippen LogP contribution in [0.25, 0.3) is 0 Å². The Morgan fingerprint density at radius 3 is 2.45 bits per heavy atom. The van der Waals surface area contributed by atoms with E-state index in [1.807, 2.05) is 6.92 Å². The molecule has 9 heteroatoms. The molecule has 0 amide bonds. The standard InChI is InChI=1S/C15H15FN2O3S.C5H10O2.C2H2/c1-10-8-12(3-4-13(10)16)22(19,20)18-6-7-21-15-5-2-11(17)9-14(15)18;1-3-4(2)5(6)7;1-2/h2-5,8-9H,6-7,17H2,1H3;4H,3H2,1-2H3,(H,6,7);1-2H/t;4-;/m.0./s1. The summed E-state index contributed by atoms with van der Waals surface area (Å²) >= 11 is 0. The first kappa shape index (κ1) is 25.8. The summed E-state index contributed by atoms with van der Waals surface area (Å²) in [5.74, 6) is -0.865. The van der Waals surface area contributed by atoms with Crippen molar-refractivity contribution >= 4 is 27.4 Å². The van der Waals surface area contributed by atoms with Crippen LogP contribution in [0.2, 0.25) is 0 Å². The molecular weight excluding hydrogens is 423 g/mol. The molecule has 3 N–H and O–H groups in total. The summed E-state index contributed by atoms with van der Waals surface area (Å²) < 4.78 is 45.7. The van der Waals surface area contributed by atoms with Crippen LogP contribution in [0.15, 0.2) is 41.3 Å². The highest BCUT2D eigenvalue weighted by Crippen LogP contribution is 2.36. The van der Waals surface area contributed by atoms with Crippen LogP contribution in [0.3, 0.4) is 0 Å². The van der Waals surface area contributed by atoms with Crippen molar-refractivity contribution in [1.29, 1.82) is 0 Å². The zero-order valence-electron chi connectivity index (χ0n) is 17.7. The van der Waals surface area contributed by atoms with Gasteiger partial charge < -0.3 is 15.6 Å². The molecule has 0 saturated carbocycles. The third-order valence-electron chi connectivity index (χ3n) is 4.55. The van der Waals surface area contributed by atoms with Gasteiger partial charge in [0.1, 0.15) is 18.2 Å². The van der Waals surface area contributed by atoms with Crippen LogP contribution in [0.1, 0.15) is 25.8 Å². The van der Waals surface area contributed by atoms with Gasteiger partial charge in [-0.25, -0.2) is 12.8 Å². The zero-order chi connectivity index (χ0) is 23.8. The zero-order valence-corrected chi connectivity index (χ0v) is 18.5. The summed E-state index contributed by atoms with van der Waals surface area (Å²) in [6.45, 7) is 5.51. The molecule has 0 fully saturated rings. The van der Waals surface area contributed by atoms with Crippen molar-refractivity contribution in [2.75, 3.05) is 23.2 Å². The number of nitrogen functional groups attached to an aromatic ring is 1. The predicted octanol–water partition coefficient (Wildman–Crippen LogP) is 3.67. The maximum atomic E-state index is 13.4. The number of carboxylic acid groups (broad SMARTS) is 1. The van der Waals surface area contributed by atoms with E-state index in [0.717, 1.165) is 12.5 Å². The smallest absolute Gasteiger partial charge is 0.306 e. The molecule has 1 aliphatic rings. The van der Waals surface area contributed by atoms with Crippen molar-refractivity contribution in [1.82, 2.24) is 0 Å². The number of benzene rings is 2. The van der Waals surface area contributed by atoms with Gasteiger partial charge in [-0.1, -0.05) is 13.8 Å². The SMILES string of the molecule is C#C.CC[C@H](C)C(=O)O.Cc1cc(S(=O)(=O)N2CCOc3ccc(N)cc32)ccc1F. The normalized spacial score (nSPS) is 13.3. The number of anilines is 2. The average Bonchev–Trinajstić information content (AvgIpc) is 2.76. The molecule has 0 unspecified atom stereocenters. The Bertz CT molecular complexity index is 1040. The number of carbonyl (C=O) groups is 1. The lowest BCUT2D eigenvalue weighted by Crippen LogP contribution is -2.38. The van der Waals surface area contributed by atoms with E-state index in [-0.39, 0.29) is 29.5 Å². The molecule has 2 aromatic carbocycles. The highest BCUT2D eigenvalue weighted by atomic mass is 32.2. The molecule has 7 nitrogen and oxygen atoms in total. The molecule has 1 aliphatic heterocycles. The monoisotopic (exact) mass is 450 g/mol. The van der Waals surface area contributed by atoms with Crippen molar-refractivity contribution < 1.29 is 27.4 Å². The van der Waals surface area contributed by atoms with E-state index in [2.05, 4.69) is 12.8 Å². The van der Waals surface area contributed by atoms with Gasteiger partial charge >= 0.3 is 5.97 Å². The van der Waals surface area contributed by atoms with Gasteiger partial charge in [-0.05, 0) is 55.3 Å². The number of terminal acetylenes is 1. The van der Waals surface area contributed by atoms with Gasteiger partial charge in [0, 0.05) is 5.69 Å². The molecular formula is C22H27FN2O5S. The van der Waals surface area contributed by atoms with E-state index in [4.69, 9.17) is 15.6 Å². The number of hydrogen-bond donors (Lipinski definition) is 2. The van der Waals surface area contributed by atoms with Crippen LogP contribution in [0.4, 0.5) is 15.8 Å². The molecule has 31 heavy (non-hydrogen) atoms. The third kappa shape index (κ3) is 6.36. The second kappa shape index (κ2) is 11.2. The average molecular weight is 451 g/mol. The van der Waals surface area contributed by atoms with Crippen LogP contribution < -0.4 is 14.8 Å². The summed E-state index contributed by atoms with van der Waals surface area (Å²) in [4.78, 5) is 9.97. The Kier molecular flexibility index (Phi) is 9.34. The third-order valence-corrected chi connectivity index (χ3v) is 6.36. The van der Waals surface area contributed by atoms with Gasteiger partial charge in [-0.2, -0.15) is 0 Å². The number of rotatable bonds is 4. The number of nitrogens with zero attached hydrogens (tertiary/aromatic N) is 1. The number of carboxylic acids is 1. The maximum absolute atomic E-state index is 13.4. The Labute approximate surface area is 182 Å². The largest absolute Gasteiger partial charge is 0.489 e. The fourth-order valence-electron chi connectivity index (χ4n) is 2.54. The quantitative estimate of drug-likeness (QED) is 0.543.